The molecule has 2 N–H and O–H groups in total. The molecule has 88 valence electrons. The molecule has 0 aliphatic carbocycles. The number of hydrogen-bond acceptors (Lipinski definition) is 3. The van der Waals surface area contributed by atoms with Crippen molar-refractivity contribution in [2.75, 3.05) is 26.2 Å². The smallest absolute Gasteiger partial charge is 0.119 e. The van der Waals surface area contributed by atoms with Crippen molar-refractivity contribution < 1.29 is 4.74 Å². The first-order valence-corrected chi connectivity index (χ1v) is 5.91. The van der Waals surface area contributed by atoms with Gasteiger partial charge in [0, 0.05) is 19.1 Å². The van der Waals surface area contributed by atoms with Gasteiger partial charge in [0.25, 0.3) is 0 Å². The van der Waals surface area contributed by atoms with Crippen molar-refractivity contribution in [1.29, 1.82) is 0 Å². The second kappa shape index (κ2) is 5.32. The summed E-state index contributed by atoms with van der Waals surface area (Å²) >= 11 is 0. The third kappa shape index (κ3) is 3.22. The van der Waals surface area contributed by atoms with Crippen LogP contribution in [-0.2, 0) is 0 Å². The maximum atomic E-state index is 5.84. The van der Waals surface area contributed by atoms with Crippen molar-refractivity contribution in [1.82, 2.24) is 4.90 Å². The van der Waals surface area contributed by atoms with E-state index < -0.39 is 0 Å². The Morgan fingerprint density at radius 1 is 1.38 bits per heavy atom. The van der Waals surface area contributed by atoms with Crippen molar-refractivity contribution in [2.45, 2.75) is 19.4 Å². The summed E-state index contributed by atoms with van der Waals surface area (Å²) in [5.74, 6) is 0.953. The molecule has 1 aromatic rings. The quantitative estimate of drug-likeness (QED) is 0.833. The van der Waals surface area contributed by atoms with E-state index in [1.807, 2.05) is 12.1 Å². The van der Waals surface area contributed by atoms with Gasteiger partial charge in [0.15, 0.2) is 0 Å². The monoisotopic (exact) mass is 220 g/mol. The Bertz CT molecular complexity index is 323. The molecule has 1 atom stereocenters. The van der Waals surface area contributed by atoms with E-state index in [0.717, 1.165) is 38.4 Å². The molecule has 0 amide bonds. The van der Waals surface area contributed by atoms with E-state index in [-0.39, 0.29) is 0 Å². The van der Waals surface area contributed by atoms with Crippen molar-refractivity contribution in [3.63, 3.8) is 0 Å². The Labute approximate surface area is 97.2 Å². The number of nitrogens with two attached hydrogens (primary N) is 1. The number of likely N-dealkylation sites (tertiary alicyclic amines) is 1. The van der Waals surface area contributed by atoms with Crippen LogP contribution in [0.3, 0.4) is 0 Å². The average molecular weight is 220 g/mol. The predicted octanol–water partition coefficient (Wildman–Crippen LogP) is 1.41. The number of aryl methyl sites for hydroxylation is 1. The standard InChI is InChI=1S/C13H20N2O/c1-11-2-4-13(5-3-11)16-9-8-15-7-6-12(14)10-15/h2-5,12H,6-10,14H2,1H3/t12-/m1/s1. The Morgan fingerprint density at radius 2 is 2.12 bits per heavy atom. The molecule has 1 heterocycles. The summed E-state index contributed by atoms with van der Waals surface area (Å²) in [6, 6.07) is 8.54. The van der Waals surface area contributed by atoms with E-state index in [1.54, 1.807) is 0 Å². The van der Waals surface area contributed by atoms with Crippen LogP contribution < -0.4 is 10.5 Å². The van der Waals surface area contributed by atoms with Gasteiger partial charge in [0.1, 0.15) is 12.4 Å². The summed E-state index contributed by atoms with van der Waals surface area (Å²) in [7, 11) is 0. The van der Waals surface area contributed by atoms with E-state index in [0.29, 0.717) is 6.04 Å². The molecule has 2 rings (SSSR count). The Kier molecular flexibility index (Phi) is 3.80. The van der Waals surface area contributed by atoms with Gasteiger partial charge in [-0.1, -0.05) is 17.7 Å². The lowest BCUT2D eigenvalue weighted by molar-refractivity contribution is 0.236. The summed E-state index contributed by atoms with van der Waals surface area (Å²) in [4.78, 5) is 2.36. The Balaban J connectivity index is 1.70. The van der Waals surface area contributed by atoms with E-state index in [2.05, 4.69) is 24.0 Å². The van der Waals surface area contributed by atoms with Crippen LogP contribution in [-0.4, -0.2) is 37.2 Å². The SMILES string of the molecule is Cc1ccc(OCCN2CC[C@@H](N)C2)cc1. The zero-order valence-corrected chi connectivity index (χ0v) is 9.86. The lowest BCUT2D eigenvalue weighted by atomic mass is 10.2. The molecule has 1 saturated heterocycles. The Morgan fingerprint density at radius 3 is 2.75 bits per heavy atom. The highest BCUT2D eigenvalue weighted by Gasteiger charge is 2.18. The fourth-order valence-electron chi connectivity index (χ4n) is 1.99. The number of nitrogens with zero attached hydrogens (tertiary/aromatic N) is 1. The molecule has 1 aliphatic rings. The topological polar surface area (TPSA) is 38.5 Å². The third-order valence-electron chi connectivity index (χ3n) is 3.01. The molecule has 0 radical (unpaired) electrons. The second-order valence-corrected chi connectivity index (χ2v) is 4.51. The van der Waals surface area contributed by atoms with Crippen LogP contribution in [0.1, 0.15) is 12.0 Å². The summed E-state index contributed by atoms with van der Waals surface area (Å²) in [6.45, 7) is 5.92. The molecule has 3 nitrogen and oxygen atoms in total. The largest absolute Gasteiger partial charge is 0.492 e. The van der Waals surface area contributed by atoms with Gasteiger partial charge in [0.05, 0.1) is 0 Å². The predicted molar refractivity (Wildman–Crippen MR) is 65.7 cm³/mol. The van der Waals surface area contributed by atoms with Gasteiger partial charge in [-0.05, 0) is 32.0 Å². The van der Waals surface area contributed by atoms with Gasteiger partial charge in [-0.2, -0.15) is 0 Å². The fraction of sp³-hybridized carbons (Fsp3) is 0.538. The summed E-state index contributed by atoms with van der Waals surface area (Å²) < 4.78 is 5.68. The minimum Gasteiger partial charge on any atom is -0.492 e. The van der Waals surface area contributed by atoms with Gasteiger partial charge in [0.2, 0.25) is 0 Å². The van der Waals surface area contributed by atoms with Gasteiger partial charge >= 0.3 is 0 Å². The first-order valence-electron chi connectivity index (χ1n) is 5.91. The number of ether oxygens (including phenoxy) is 1. The highest BCUT2D eigenvalue weighted by atomic mass is 16.5. The fourth-order valence-corrected chi connectivity index (χ4v) is 1.99. The molecule has 3 heteroatoms. The third-order valence-corrected chi connectivity index (χ3v) is 3.01. The zero-order chi connectivity index (χ0) is 11.4. The number of rotatable bonds is 4. The van der Waals surface area contributed by atoms with Crippen molar-refractivity contribution in [3.05, 3.63) is 29.8 Å². The van der Waals surface area contributed by atoms with Crippen LogP contribution in [0.4, 0.5) is 0 Å². The maximum Gasteiger partial charge on any atom is 0.119 e. The van der Waals surface area contributed by atoms with E-state index in [4.69, 9.17) is 10.5 Å². The minimum atomic E-state index is 0.361. The molecule has 0 spiro atoms. The molecule has 0 unspecified atom stereocenters. The molecule has 1 aliphatic heterocycles. The average Bonchev–Trinajstić information content (AvgIpc) is 2.67. The van der Waals surface area contributed by atoms with Gasteiger partial charge in [-0.3, -0.25) is 4.90 Å². The molecule has 0 bridgehead atoms. The van der Waals surface area contributed by atoms with E-state index in [1.165, 1.54) is 5.56 Å². The van der Waals surface area contributed by atoms with Crippen LogP contribution >= 0.6 is 0 Å². The molecular formula is C13H20N2O. The summed E-state index contributed by atoms with van der Waals surface area (Å²) in [6.07, 6.45) is 1.12. The lowest BCUT2D eigenvalue weighted by Crippen LogP contribution is -2.29. The second-order valence-electron chi connectivity index (χ2n) is 4.51. The van der Waals surface area contributed by atoms with Crippen molar-refractivity contribution in [3.8, 4) is 5.75 Å². The molecule has 0 aromatic heterocycles. The van der Waals surface area contributed by atoms with Crippen molar-refractivity contribution >= 4 is 0 Å². The minimum absolute atomic E-state index is 0.361. The molecule has 16 heavy (non-hydrogen) atoms. The first kappa shape index (κ1) is 11.4. The Hall–Kier alpha value is -1.06. The van der Waals surface area contributed by atoms with Gasteiger partial charge in [-0.15, -0.1) is 0 Å². The van der Waals surface area contributed by atoms with Crippen LogP contribution in [0.25, 0.3) is 0 Å². The lowest BCUT2D eigenvalue weighted by Gasteiger charge is -2.15. The molecule has 1 aromatic carbocycles. The van der Waals surface area contributed by atoms with Crippen LogP contribution in [0.5, 0.6) is 5.75 Å². The highest BCUT2D eigenvalue weighted by molar-refractivity contribution is 5.26. The zero-order valence-electron chi connectivity index (χ0n) is 9.86. The highest BCUT2D eigenvalue weighted by Crippen LogP contribution is 2.12. The van der Waals surface area contributed by atoms with Gasteiger partial charge < -0.3 is 10.5 Å². The van der Waals surface area contributed by atoms with Crippen molar-refractivity contribution in [2.24, 2.45) is 5.73 Å². The van der Waals surface area contributed by atoms with Gasteiger partial charge in [-0.25, -0.2) is 0 Å². The molecule has 1 fully saturated rings. The first-order chi connectivity index (χ1) is 7.74. The van der Waals surface area contributed by atoms with E-state index >= 15 is 0 Å². The molecular weight excluding hydrogens is 200 g/mol. The number of benzene rings is 1. The van der Waals surface area contributed by atoms with Crippen LogP contribution in [0.2, 0.25) is 0 Å². The summed E-state index contributed by atoms with van der Waals surface area (Å²) in [5.41, 5.74) is 7.10. The number of hydrogen-bond donors (Lipinski definition) is 1. The van der Waals surface area contributed by atoms with Crippen LogP contribution in [0.15, 0.2) is 24.3 Å². The van der Waals surface area contributed by atoms with E-state index in [9.17, 15) is 0 Å². The normalized spacial score (nSPS) is 21.2. The summed E-state index contributed by atoms with van der Waals surface area (Å²) in [5, 5.41) is 0. The molecule has 0 saturated carbocycles. The van der Waals surface area contributed by atoms with Crippen LogP contribution in [0, 0.1) is 6.92 Å². The maximum absolute atomic E-state index is 5.84.